The van der Waals surface area contributed by atoms with Gasteiger partial charge in [0.05, 0.1) is 18.5 Å². The molecule has 4 nitrogen and oxygen atoms in total. The summed E-state index contributed by atoms with van der Waals surface area (Å²) in [6.45, 7) is 4.20. The molecule has 2 heterocycles. The fourth-order valence-electron chi connectivity index (χ4n) is 2.24. The third-order valence-electron chi connectivity index (χ3n) is 3.15. The Kier molecular flexibility index (Phi) is 4.88. The first kappa shape index (κ1) is 12.9. The van der Waals surface area contributed by atoms with Gasteiger partial charge in [0.15, 0.2) is 0 Å². The lowest BCUT2D eigenvalue weighted by Gasteiger charge is -2.14. The number of halogens is 1. The largest absolute Gasteiger partial charge is 0.383 e. The van der Waals surface area contributed by atoms with Crippen LogP contribution in [0.4, 0.5) is 0 Å². The lowest BCUT2D eigenvalue weighted by Crippen LogP contribution is -2.25. The molecule has 0 aromatic carbocycles. The SMILES string of the molecule is COCCN1CCC(Cc2cnc(Br)cn2)C1. The molecule has 1 aromatic rings. The van der Waals surface area contributed by atoms with Crippen LogP contribution < -0.4 is 0 Å². The van der Waals surface area contributed by atoms with Crippen molar-refractivity contribution >= 4 is 15.9 Å². The first-order valence-electron chi connectivity index (χ1n) is 5.95. The summed E-state index contributed by atoms with van der Waals surface area (Å²) < 4.78 is 5.90. The molecule has 0 saturated carbocycles. The molecule has 17 heavy (non-hydrogen) atoms. The Labute approximate surface area is 111 Å². The fraction of sp³-hybridized carbons (Fsp3) is 0.667. The van der Waals surface area contributed by atoms with E-state index in [2.05, 4.69) is 30.8 Å². The van der Waals surface area contributed by atoms with Gasteiger partial charge < -0.3 is 9.64 Å². The van der Waals surface area contributed by atoms with Gasteiger partial charge in [0.2, 0.25) is 0 Å². The summed E-state index contributed by atoms with van der Waals surface area (Å²) in [6.07, 6.45) is 5.92. The van der Waals surface area contributed by atoms with Crippen molar-refractivity contribution in [2.75, 3.05) is 33.4 Å². The van der Waals surface area contributed by atoms with Gasteiger partial charge in [-0.25, -0.2) is 4.98 Å². The van der Waals surface area contributed by atoms with E-state index >= 15 is 0 Å². The van der Waals surface area contributed by atoms with Crippen molar-refractivity contribution in [3.05, 3.63) is 22.7 Å². The number of methoxy groups -OCH3 is 1. The topological polar surface area (TPSA) is 38.2 Å². The summed E-state index contributed by atoms with van der Waals surface area (Å²) in [5, 5.41) is 0. The third kappa shape index (κ3) is 4.01. The zero-order chi connectivity index (χ0) is 12.1. The molecule has 0 N–H and O–H groups in total. The molecule has 0 radical (unpaired) electrons. The van der Waals surface area contributed by atoms with Gasteiger partial charge in [-0.1, -0.05) is 0 Å². The van der Waals surface area contributed by atoms with Crippen molar-refractivity contribution in [3.63, 3.8) is 0 Å². The quantitative estimate of drug-likeness (QED) is 0.830. The Balaban J connectivity index is 1.79. The van der Waals surface area contributed by atoms with Crippen LogP contribution in [-0.4, -0.2) is 48.2 Å². The molecule has 0 amide bonds. The highest BCUT2D eigenvalue weighted by molar-refractivity contribution is 9.10. The Morgan fingerprint density at radius 2 is 2.35 bits per heavy atom. The minimum absolute atomic E-state index is 0.710. The first-order chi connectivity index (χ1) is 8.28. The number of rotatable bonds is 5. The summed E-state index contributed by atoms with van der Waals surface area (Å²) in [4.78, 5) is 11.0. The molecular weight excluding hydrogens is 282 g/mol. The highest BCUT2D eigenvalue weighted by atomic mass is 79.9. The average Bonchev–Trinajstić information content (AvgIpc) is 2.77. The zero-order valence-electron chi connectivity index (χ0n) is 10.1. The fourth-order valence-corrected chi connectivity index (χ4v) is 2.45. The monoisotopic (exact) mass is 299 g/mol. The molecule has 1 aromatic heterocycles. The molecule has 1 aliphatic heterocycles. The maximum absolute atomic E-state index is 5.10. The molecule has 2 rings (SSSR count). The van der Waals surface area contributed by atoms with E-state index in [0.717, 1.165) is 36.4 Å². The summed E-state index contributed by atoms with van der Waals surface area (Å²) in [5.41, 5.74) is 1.09. The van der Waals surface area contributed by atoms with Gasteiger partial charge in [-0.3, -0.25) is 4.98 Å². The number of ether oxygens (including phenoxy) is 1. The second-order valence-electron chi connectivity index (χ2n) is 4.48. The number of hydrogen-bond donors (Lipinski definition) is 0. The molecule has 1 saturated heterocycles. The molecule has 0 aliphatic carbocycles. The van der Waals surface area contributed by atoms with Crippen molar-refractivity contribution in [2.24, 2.45) is 5.92 Å². The van der Waals surface area contributed by atoms with Crippen molar-refractivity contribution in [1.29, 1.82) is 0 Å². The smallest absolute Gasteiger partial charge is 0.124 e. The number of nitrogens with zero attached hydrogens (tertiary/aromatic N) is 3. The van der Waals surface area contributed by atoms with Crippen LogP contribution in [0.25, 0.3) is 0 Å². The van der Waals surface area contributed by atoms with Gasteiger partial charge in [0.25, 0.3) is 0 Å². The van der Waals surface area contributed by atoms with Crippen molar-refractivity contribution < 1.29 is 4.74 Å². The Morgan fingerprint density at radius 1 is 1.47 bits per heavy atom. The highest BCUT2D eigenvalue weighted by Crippen LogP contribution is 2.19. The van der Waals surface area contributed by atoms with Crippen molar-refractivity contribution in [1.82, 2.24) is 14.9 Å². The molecular formula is C12H18BrN3O. The maximum Gasteiger partial charge on any atom is 0.124 e. The van der Waals surface area contributed by atoms with Gasteiger partial charge in [0, 0.05) is 26.4 Å². The highest BCUT2D eigenvalue weighted by Gasteiger charge is 2.22. The first-order valence-corrected chi connectivity index (χ1v) is 6.75. The van der Waals surface area contributed by atoms with Gasteiger partial charge in [0.1, 0.15) is 4.60 Å². The zero-order valence-corrected chi connectivity index (χ0v) is 11.7. The van der Waals surface area contributed by atoms with E-state index in [9.17, 15) is 0 Å². The molecule has 5 heteroatoms. The van der Waals surface area contributed by atoms with Crippen LogP contribution in [0, 0.1) is 5.92 Å². The van der Waals surface area contributed by atoms with Crippen LogP contribution in [0.3, 0.4) is 0 Å². The van der Waals surface area contributed by atoms with E-state index in [-0.39, 0.29) is 0 Å². The molecule has 0 spiro atoms. The lowest BCUT2D eigenvalue weighted by atomic mass is 10.0. The second kappa shape index (κ2) is 6.42. The van der Waals surface area contributed by atoms with Gasteiger partial charge in [-0.2, -0.15) is 0 Å². The van der Waals surface area contributed by atoms with E-state index in [4.69, 9.17) is 4.74 Å². The minimum Gasteiger partial charge on any atom is -0.383 e. The van der Waals surface area contributed by atoms with E-state index in [1.165, 1.54) is 13.0 Å². The predicted octanol–water partition coefficient (Wildman–Crippen LogP) is 1.75. The number of hydrogen-bond acceptors (Lipinski definition) is 4. The van der Waals surface area contributed by atoms with Gasteiger partial charge in [-0.05, 0) is 41.2 Å². The Morgan fingerprint density at radius 3 is 3.06 bits per heavy atom. The summed E-state index contributed by atoms with van der Waals surface area (Å²) >= 11 is 3.30. The van der Waals surface area contributed by atoms with Crippen molar-refractivity contribution in [2.45, 2.75) is 12.8 Å². The molecule has 0 bridgehead atoms. The molecule has 94 valence electrons. The van der Waals surface area contributed by atoms with E-state index in [1.807, 2.05) is 6.20 Å². The van der Waals surface area contributed by atoms with E-state index in [1.54, 1.807) is 13.3 Å². The Bertz CT molecular complexity index is 344. The van der Waals surface area contributed by atoms with Crippen LogP contribution in [0.1, 0.15) is 12.1 Å². The van der Waals surface area contributed by atoms with Gasteiger partial charge >= 0.3 is 0 Å². The third-order valence-corrected chi connectivity index (χ3v) is 3.56. The lowest BCUT2D eigenvalue weighted by molar-refractivity contribution is 0.159. The second-order valence-corrected chi connectivity index (χ2v) is 5.30. The van der Waals surface area contributed by atoms with Gasteiger partial charge in [-0.15, -0.1) is 0 Å². The summed E-state index contributed by atoms with van der Waals surface area (Å²) in [6, 6.07) is 0. The molecule has 1 unspecified atom stereocenters. The minimum atomic E-state index is 0.710. The van der Waals surface area contributed by atoms with Crippen LogP contribution in [0.5, 0.6) is 0 Å². The molecule has 1 fully saturated rings. The standard InChI is InChI=1S/C12H18BrN3O/c1-17-5-4-16-3-2-10(9-16)6-11-7-15-12(13)8-14-11/h7-8,10H,2-6,9H2,1H3. The van der Waals surface area contributed by atoms with Crippen LogP contribution in [-0.2, 0) is 11.2 Å². The average molecular weight is 300 g/mol. The van der Waals surface area contributed by atoms with Crippen LogP contribution >= 0.6 is 15.9 Å². The van der Waals surface area contributed by atoms with Crippen LogP contribution in [0.15, 0.2) is 17.0 Å². The number of likely N-dealkylation sites (tertiary alicyclic amines) is 1. The summed E-state index contributed by atoms with van der Waals surface area (Å²) in [7, 11) is 1.75. The molecule has 1 aliphatic rings. The van der Waals surface area contributed by atoms with E-state index < -0.39 is 0 Å². The number of aromatic nitrogens is 2. The van der Waals surface area contributed by atoms with E-state index in [0.29, 0.717) is 5.92 Å². The van der Waals surface area contributed by atoms with Crippen LogP contribution in [0.2, 0.25) is 0 Å². The summed E-state index contributed by atoms with van der Waals surface area (Å²) in [5.74, 6) is 0.710. The maximum atomic E-state index is 5.10. The molecule has 1 atom stereocenters. The Hall–Kier alpha value is -0.520. The predicted molar refractivity (Wildman–Crippen MR) is 69.9 cm³/mol. The normalized spacial score (nSPS) is 20.9. The van der Waals surface area contributed by atoms with Crippen molar-refractivity contribution in [3.8, 4) is 0 Å².